The molecule has 0 heterocycles. The van der Waals surface area contributed by atoms with Gasteiger partial charge < -0.3 is 35.8 Å². The third kappa shape index (κ3) is 13.9. The first kappa shape index (κ1) is 46.9. The predicted octanol–water partition coefficient (Wildman–Crippen LogP) is 7.57. The van der Waals surface area contributed by atoms with E-state index in [1.807, 2.05) is 36.4 Å². The van der Waals surface area contributed by atoms with Crippen LogP contribution in [0.5, 0.6) is 0 Å². The fourth-order valence-electron chi connectivity index (χ4n) is 7.55. The SMILES string of the molecule is CCCCCCCC(=O)CCCCCC/C=C/[C@H](C(=O)N[C@@H](Cc1ccc(CNC(=O)OCC2c3ccccc3-c3ccccc32)cc1)C(=O)O)[C@@](O)(CC(=O)O)C(=O)O. The van der Waals surface area contributed by atoms with E-state index in [4.69, 9.17) is 4.74 Å². The van der Waals surface area contributed by atoms with Crippen molar-refractivity contribution in [1.82, 2.24) is 10.6 Å². The molecule has 1 aliphatic rings. The first-order valence-electron chi connectivity index (χ1n) is 20.9. The quantitative estimate of drug-likeness (QED) is 0.0325. The smallest absolute Gasteiger partial charge is 0.407 e. The lowest BCUT2D eigenvalue weighted by atomic mass is 9.82. The molecular formula is C47H58N2O11. The Balaban J connectivity index is 1.28. The van der Waals surface area contributed by atoms with Gasteiger partial charge in [-0.2, -0.15) is 0 Å². The summed E-state index contributed by atoms with van der Waals surface area (Å²) in [6, 6.07) is 21.1. The monoisotopic (exact) mass is 826 g/mol. The number of ketones is 1. The van der Waals surface area contributed by atoms with E-state index in [1.54, 1.807) is 24.3 Å². The molecule has 3 aromatic carbocycles. The van der Waals surface area contributed by atoms with Crippen LogP contribution in [0.15, 0.2) is 84.9 Å². The molecule has 60 heavy (non-hydrogen) atoms. The molecule has 13 nitrogen and oxygen atoms in total. The Labute approximate surface area is 351 Å². The Kier molecular flexibility index (Phi) is 18.5. The Morgan fingerprint density at radius 3 is 1.88 bits per heavy atom. The van der Waals surface area contributed by atoms with Crippen LogP contribution in [0.2, 0.25) is 0 Å². The number of amides is 2. The minimum absolute atomic E-state index is 0.0922. The molecule has 2 amide bonds. The number of carboxylic acids is 3. The number of nitrogens with one attached hydrogen (secondary N) is 2. The summed E-state index contributed by atoms with van der Waals surface area (Å²) in [4.78, 5) is 74.4. The van der Waals surface area contributed by atoms with E-state index in [-0.39, 0.29) is 31.3 Å². The van der Waals surface area contributed by atoms with Crippen molar-refractivity contribution < 1.29 is 53.9 Å². The molecular weight excluding hydrogens is 769 g/mol. The van der Waals surface area contributed by atoms with Crippen LogP contribution >= 0.6 is 0 Å². The van der Waals surface area contributed by atoms with Gasteiger partial charge in [0.05, 0.1) is 12.3 Å². The normalized spacial score (nSPS) is 14.0. The summed E-state index contributed by atoms with van der Waals surface area (Å²) in [5.41, 5.74) is 2.54. The van der Waals surface area contributed by atoms with Gasteiger partial charge in [0.15, 0.2) is 5.60 Å². The van der Waals surface area contributed by atoms with Crippen LogP contribution in [0.1, 0.15) is 119 Å². The lowest BCUT2D eigenvalue weighted by Crippen LogP contribution is -2.55. The number of hydrogen-bond acceptors (Lipinski definition) is 8. The molecule has 0 aliphatic heterocycles. The van der Waals surface area contributed by atoms with Crippen molar-refractivity contribution in [2.75, 3.05) is 6.61 Å². The molecule has 0 radical (unpaired) electrons. The zero-order chi connectivity index (χ0) is 43.5. The third-order valence-electron chi connectivity index (χ3n) is 10.9. The number of ether oxygens (including phenoxy) is 1. The van der Waals surface area contributed by atoms with Gasteiger partial charge in [-0.3, -0.25) is 14.4 Å². The molecule has 3 atom stereocenters. The molecule has 0 unspecified atom stereocenters. The highest BCUT2D eigenvalue weighted by Gasteiger charge is 2.49. The largest absolute Gasteiger partial charge is 0.481 e. The van der Waals surface area contributed by atoms with Crippen LogP contribution < -0.4 is 10.6 Å². The molecule has 0 saturated heterocycles. The van der Waals surface area contributed by atoms with Crippen LogP contribution in [0.3, 0.4) is 0 Å². The molecule has 6 N–H and O–H groups in total. The second-order valence-electron chi connectivity index (χ2n) is 15.5. The fourth-order valence-corrected chi connectivity index (χ4v) is 7.55. The number of aliphatic carboxylic acids is 3. The summed E-state index contributed by atoms with van der Waals surface area (Å²) >= 11 is 0. The van der Waals surface area contributed by atoms with Gasteiger partial charge >= 0.3 is 24.0 Å². The maximum absolute atomic E-state index is 13.5. The molecule has 4 rings (SSSR count). The first-order valence-corrected chi connectivity index (χ1v) is 20.9. The van der Waals surface area contributed by atoms with Crippen LogP contribution in [0, 0.1) is 5.92 Å². The summed E-state index contributed by atoms with van der Waals surface area (Å²) in [6.07, 6.45) is 10.3. The Bertz CT molecular complexity index is 1910. The van der Waals surface area contributed by atoms with Crippen LogP contribution in [-0.2, 0) is 41.7 Å². The van der Waals surface area contributed by atoms with Gasteiger partial charge in [-0.05, 0) is 59.1 Å². The molecule has 13 heteroatoms. The molecule has 0 fully saturated rings. The molecule has 0 bridgehead atoms. The predicted molar refractivity (Wildman–Crippen MR) is 225 cm³/mol. The third-order valence-corrected chi connectivity index (χ3v) is 10.9. The molecule has 3 aromatic rings. The number of hydrogen-bond donors (Lipinski definition) is 6. The highest BCUT2D eigenvalue weighted by Crippen LogP contribution is 2.44. The zero-order valence-corrected chi connectivity index (χ0v) is 34.3. The second-order valence-corrected chi connectivity index (χ2v) is 15.5. The number of Topliss-reactive ketones (excluding diaryl/α,β-unsaturated/α-hetero) is 1. The number of carboxylic acid groups (broad SMARTS) is 3. The van der Waals surface area contributed by atoms with E-state index in [0.717, 1.165) is 73.3 Å². The number of benzene rings is 3. The van der Waals surface area contributed by atoms with Crippen molar-refractivity contribution in [1.29, 1.82) is 0 Å². The Morgan fingerprint density at radius 2 is 1.32 bits per heavy atom. The maximum atomic E-state index is 13.5. The standard InChI is InChI=1S/C47H58N2O11/c1-2-3-4-7-10-17-34(50)18-11-8-5-6-9-12-23-40(47(59,45(56)57)29-42(51)52)43(53)49-41(44(54)55)28-32-24-26-33(27-25-32)30-48-46(58)60-31-39-37-21-15-13-19-35(37)36-20-14-16-22-38(36)39/h12-16,19-27,39-41,59H,2-11,17-18,28-31H2,1H3,(H,48,58)(H,49,53)(H,51,52)(H,54,55)(H,56,57)/b23-12+/t40-,41+,47+/m1/s1. The van der Waals surface area contributed by atoms with Gasteiger partial charge in [-0.25, -0.2) is 14.4 Å². The number of aliphatic hydroxyl groups is 1. The van der Waals surface area contributed by atoms with Gasteiger partial charge in [-0.15, -0.1) is 0 Å². The van der Waals surface area contributed by atoms with Crippen molar-refractivity contribution in [3.63, 3.8) is 0 Å². The van der Waals surface area contributed by atoms with E-state index in [9.17, 15) is 49.2 Å². The van der Waals surface area contributed by atoms with Crippen molar-refractivity contribution in [2.45, 2.75) is 121 Å². The van der Waals surface area contributed by atoms with E-state index < -0.39 is 53.9 Å². The second kappa shape index (κ2) is 23.7. The van der Waals surface area contributed by atoms with Gasteiger partial charge in [-0.1, -0.05) is 130 Å². The zero-order valence-electron chi connectivity index (χ0n) is 34.3. The number of alkyl carbamates (subject to hydrolysis) is 1. The minimum Gasteiger partial charge on any atom is -0.481 e. The molecule has 1 aliphatic carbocycles. The summed E-state index contributed by atoms with van der Waals surface area (Å²) in [6.45, 7) is 2.42. The molecule has 322 valence electrons. The number of rotatable bonds is 27. The lowest BCUT2D eigenvalue weighted by molar-refractivity contribution is -0.172. The van der Waals surface area contributed by atoms with Gasteiger partial charge in [0.25, 0.3) is 0 Å². The first-order chi connectivity index (χ1) is 28.8. The number of fused-ring (bicyclic) bond motifs is 3. The van der Waals surface area contributed by atoms with Crippen molar-refractivity contribution >= 4 is 35.7 Å². The summed E-state index contributed by atoms with van der Waals surface area (Å²) < 4.78 is 5.60. The van der Waals surface area contributed by atoms with E-state index >= 15 is 0 Å². The van der Waals surface area contributed by atoms with Crippen LogP contribution in [-0.4, -0.2) is 74.4 Å². The summed E-state index contributed by atoms with van der Waals surface area (Å²) in [5, 5.41) is 45.3. The number of carbonyl (C=O) groups is 6. The summed E-state index contributed by atoms with van der Waals surface area (Å²) in [5.74, 6) is -7.96. The van der Waals surface area contributed by atoms with E-state index in [0.29, 0.717) is 36.8 Å². The van der Waals surface area contributed by atoms with Gasteiger partial charge in [0, 0.05) is 31.7 Å². The van der Waals surface area contributed by atoms with E-state index in [2.05, 4.69) is 29.7 Å². The van der Waals surface area contributed by atoms with Crippen LogP contribution in [0.25, 0.3) is 11.1 Å². The topological polar surface area (TPSA) is 217 Å². The van der Waals surface area contributed by atoms with Gasteiger partial charge in [0.2, 0.25) is 5.91 Å². The number of allylic oxidation sites excluding steroid dienone is 1. The van der Waals surface area contributed by atoms with Crippen molar-refractivity contribution in [3.8, 4) is 11.1 Å². The average molecular weight is 827 g/mol. The lowest BCUT2D eigenvalue weighted by Gasteiger charge is -2.29. The van der Waals surface area contributed by atoms with Crippen molar-refractivity contribution in [2.24, 2.45) is 5.92 Å². The molecule has 0 aromatic heterocycles. The Morgan fingerprint density at radius 1 is 0.750 bits per heavy atom. The Hall–Kier alpha value is -5.82. The van der Waals surface area contributed by atoms with Crippen molar-refractivity contribution in [3.05, 3.63) is 107 Å². The maximum Gasteiger partial charge on any atom is 0.407 e. The highest BCUT2D eigenvalue weighted by atomic mass is 16.5. The van der Waals surface area contributed by atoms with Crippen LogP contribution in [0.4, 0.5) is 4.79 Å². The number of unbranched alkanes of at least 4 members (excludes halogenated alkanes) is 8. The molecule has 0 saturated carbocycles. The number of carbonyl (C=O) groups excluding carboxylic acids is 3. The summed E-state index contributed by atoms with van der Waals surface area (Å²) in [7, 11) is 0. The minimum atomic E-state index is -3.06. The molecule has 0 spiro atoms. The highest BCUT2D eigenvalue weighted by molar-refractivity contribution is 5.94. The fraction of sp³-hybridized carbons (Fsp3) is 0.447. The van der Waals surface area contributed by atoms with Gasteiger partial charge in [0.1, 0.15) is 18.4 Å². The average Bonchev–Trinajstić information content (AvgIpc) is 3.54. The van der Waals surface area contributed by atoms with E-state index in [1.165, 1.54) is 12.5 Å².